The van der Waals surface area contributed by atoms with Gasteiger partial charge in [-0.25, -0.2) is 4.39 Å². The molecular formula is C10H10BrFO. The quantitative estimate of drug-likeness (QED) is 0.748. The van der Waals surface area contributed by atoms with E-state index in [4.69, 9.17) is 0 Å². The summed E-state index contributed by atoms with van der Waals surface area (Å²) in [5.74, 6) is -0.257. The van der Waals surface area contributed by atoms with Crippen molar-refractivity contribution < 1.29 is 9.18 Å². The third-order valence-corrected chi connectivity index (χ3v) is 2.52. The van der Waals surface area contributed by atoms with Gasteiger partial charge < -0.3 is 4.79 Å². The Hall–Kier alpha value is -0.700. The molecule has 70 valence electrons. The first kappa shape index (κ1) is 10.4. The maximum absolute atomic E-state index is 13.0. The predicted octanol–water partition coefficient (Wildman–Crippen LogP) is 3.03. The van der Waals surface area contributed by atoms with E-state index in [1.165, 1.54) is 6.07 Å². The van der Waals surface area contributed by atoms with Gasteiger partial charge in [0.1, 0.15) is 12.1 Å². The molecule has 1 aromatic carbocycles. The molecule has 0 amide bonds. The lowest BCUT2D eigenvalue weighted by atomic mass is 10.0. The molecule has 0 fully saturated rings. The van der Waals surface area contributed by atoms with Crippen LogP contribution in [0.4, 0.5) is 4.39 Å². The fourth-order valence-electron chi connectivity index (χ4n) is 1.17. The van der Waals surface area contributed by atoms with E-state index in [1.54, 1.807) is 6.07 Å². The van der Waals surface area contributed by atoms with Gasteiger partial charge in [-0.1, -0.05) is 0 Å². The second kappa shape index (κ2) is 4.51. The zero-order chi connectivity index (χ0) is 9.84. The monoisotopic (exact) mass is 244 g/mol. The molecule has 0 aliphatic rings. The standard InChI is InChI=1S/C10H10BrFO/c1-7-5-10(12)9(11)6-8(7)3-2-4-13/h4-6H,2-3H2,1H3. The van der Waals surface area contributed by atoms with E-state index in [-0.39, 0.29) is 5.82 Å². The summed E-state index contributed by atoms with van der Waals surface area (Å²) in [6.07, 6.45) is 2.03. The van der Waals surface area contributed by atoms with Crippen LogP contribution in [0.15, 0.2) is 16.6 Å². The maximum Gasteiger partial charge on any atom is 0.137 e. The highest BCUT2D eigenvalue weighted by atomic mass is 79.9. The average molecular weight is 245 g/mol. The summed E-state index contributed by atoms with van der Waals surface area (Å²) in [4.78, 5) is 10.2. The molecule has 0 radical (unpaired) electrons. The Kier molecular flexibility index (Phi) is 3.60. The first-order valence-corrected chi connectivity index (χ1v) is 4.82. The third kappa shape index (κ3) is 2.62. The molecule has 0 aliphatic heterocycles. The van der Waals surface area contributed by atoms with Gasteiger partial charge in [-0.15, -0.1) is 0 Å². The smallest absolute Gasteiger partial charge is 0.137 e. The third-order valence-electron chi connectivity index (χ3n) is 1.91. The van der Waals surface area contributed by atoms with Gasteiger partial charge in [0, 0.05) is 6.42 Å². The highest BCUT2D eigenvalue weighted by molar-refractivity contribution is 9.10. The van der Waals surface area contributed by atoms with Gasteiger partial charge >= 0.3 is 0 Å². The summed E-state index contributed by atoms with van der Waals surface area (Å²) < 4.78 is 13.4. The van der Waals surface area contributed by atoms with Crippen LogP contribution in [0.1, 0.15) is 17.5 Å². The SMILES string of the molecule is Cc1cc(F)c(Br)cc1CCC=O. The Morgan fingerprint density at radius 2 is 2.23 bits per heavy atom. The molecule has 0 unspecified atom stereocenters. The van der Waals surface area contributed by atoms with Gasteiger partial charge in [-0.05, 0) is 52.5 Å². The molecular weight excluding hydrogens is 235 g/mol. The van der Waals surface area contributed by atoms with Crippen molar-refractivity contribution in [3.63, 3.8) is 0 Å². The highest BCUT2D eigenvalue weighted by Gasteiger charge is 2.04. The Bertz CT molecular complexity index is 323. The summed E-state index contributed by atoms with van der Waals surface area (Å²) in [6, 6.07) is 3.21. The van der Waals surface area contributed by atoms with Crippen LogP contribution in [0.3, 0.4) is 0 Å². The molecule has 1 nitrogen and oxygen atoms in total. The van der Waals surface area contributed by atoms with Crippen molar-refractivity contribution in [1.29, 1.82) is 0 Å². The van der Waals surface area contributed by atoms with Crippen molar-refractivity contribution in [1.82, 2.24) is 0 Å². The van der Waals surface area contributed by atoms with E-state index in [2.05, 4.69) is 15.9 Å². The number of halogens is 2. The van der Waals surface area contributed by atoms with E-state index in [1.807, 2.05) is 6.92 Å². The fourth-order valence-corrected chi connectivity index (χ4v) is 1.56. The van der Waals surface area contributed by atoms with E-state index in [0.717, 1.165) is 17.4 Å². The molecule has 3 heteroatoms. The molecule has 13 heavy (non-hydrogen) atoms. The molecule has 0 spiro atoms. The van der Waals surface area contributed by atoms with Crippen LogP contribution in [0.5, 0.6) is 0 Å². The van der Waals surface area contributed by atoms with Crippen LogP contribution in [-0.4, -0.2) is 6.29 Å². The molecule has 0 aromatic heterocycles. The topological polar surface area (TPSA) is 17.1 Å². The number of hydrogen-bond donors (Lipinski definition) is 0. The molecule has 1 aromatic rings. The van der Waals surface area contributed by atoms with Gasteiger partial charge in [0.15, 0.2) is 0 Å². The van der Waals surface area contributed by atoms with Crippen LogP contribution in [0, 0.1) is 12.7 Å². The number of carbonyl (C=O) groups excluding carboxylic acids is 1. The Morgan fingerprint density at radius 1 is 1.54 bits per heavy atom. The van der Waals surface area contributed by atoms with Crippen LogP contribution in [0.25, 0.3) is 0 Å². The summed E-state index contributed by atoms with van der Waals surface area (Å²) in [5.41, 5.74) is 1.91. The lowest BCUT2D eigenvalue weighted by molar-refractivity contribution is -0.107. The van der Waals surface area contributed by atoms with Crippen LogP contribution >= 0.6 is 15.9 Å². The maximum atomic E-state index is 13.0. The van der Waals surface area contributed by atoms with E-state index in [0.29, 0.717) is 17.3 Å². The van der Waals surface area contributed by atoms with E-state index >= 15 is 0 Å². The summed E-state index contributed by atoms with van der Waals surface area (Å²) in [5, 5.41) is 0. The minimum atomic E-state index is -0.257. The minimum Gasteiger partial charge on any atom is -0.303 e. The largest absolute Gasteiger partial charge is 0.303 e. The molecule has 0 saturated carbocycles. The molecule has 0 saturated heterocycles. The summed E-state index contributed by atoms with van der Waals surface area (Å²) >= 11 is 3.11. The number of aldehydes is 1. The molecule has 0 heterocycles. The predicted molar refractivity (Wildman–Crippen MR) is 53.2 cm³/mol. The summed E-state index contributed by atoms with van der Waals surface area (Å²) in [6.45, 7) is 1.84. The van der Waals surface area contributed by atoms with Crippen molar-refractivity contribution >= 4 is 22.2 Å². The van der Waals surface area contributed by atoms with Crippen molar-refractivity contribution in [2.24, 2.45) is 0 Å². The Labute approximate surface area is 85.1 Å². The lowest BCUT2D eigenvalue weighted by Gasteiger charge is -2.04. The molecule has 1 rings (SSSR count). The first-order chi connectivity index (χ1) is 6.15. The Balaban J connectivity index is 2.94. The molecule has 0 atom stereocenters. The minimum absolute atomic E-state index is 0.257. The van der Waals surface area contributed by atoms with Crippen LogP contribution in [-0.2, 0) is 11.2 Å². The first-order valence-electron chi connectivity index (χ1n) is 4.03. The number of aryl methyl sites for hydroxylation is 2. The van der Waals surface area contributed by atoms with E-state index in [9.17, 15) is 9.18 Å². The fraction of sp³-hybridized carbons (Fsp3) is 0.300. The zero-order valence-electron chi connectivity index (χ0n) is 7.31. The van der Waals surface area contributed by atoms with E-state index < -0.39 is 0 Å². The number of rotatable bonds is 3. The van der Waals surface area contributed by atoms with Gasteiger partial charge in [0.25, 0.3) is 0 Å². The van der Waals surface area contributed by atoms with Gasteiger partial charge in [-0.3, -0.25) is 0 Å². The van der Waals surface area contributed by atoms with Crippen molar-refractivity contribution in [2.75, 3.05) is 0 Å². The van der Waals surface area contributed by atoms with Crippen LogP contribution < -0.4 is 0 Å². The van der Waals surface area contributed by atoms with Gasteiger partial charge in [0.2, 0.25) is 0 Å². The van der Waals surface area contributed by atoms with Crippen LogP contribution in [0.2, 0.25) is 0 Å². The number of benzene rings is 1. The second-order valence-electron chi connectivity index (χ2n) is 2.90. The molecule has 0 bridgehead atoms. The summed E-state index contributed by atoms with van der Waals surface area (Å²) in [7, 11) is 0. The number of carbonyl (C=O) groups is 1. The van der Waals surface area contributed by atoms with Crippen molar-refractivity contribution in [3.05, 3.63) is 33.5 Å². The van der Waals surface area contributed by atoms with Crippen molar-refractivity contribution in [3.8, 4) is 0 Å². The normalized spacial score (nSPS) is 10.1. The highest BCUT2D eigenvalue weighted by Crippen LogP contribution is 2.21. The van der Waals surface area contributed by atoms with Gasteiger partial charge in [-0.2, -0.15) is 0 Å². The Morgan fingerprint density at radius 3 is 2.85 bits per heavy atom. The number of hydrogen-bond acceptors (Lipinski definition) is 1. The lowest BCUT2D eigenvalue weighted by Crippen LogP contribution is -1.92. The zero-order valence-corrected chi connectivity index (χ0v) is 8.90. The molecule has 0 N–H and O–H groups in total. The second-order valence-corrected chi connectivity index (χ2v) is 3.75. The van der Waals surface area contributed by atoms with Crippen molar-refractivity contribution in [2.45, 2.75) is 19.8 Å². The molecule has 0 aliphatic carbocycles. The van der Waals surface area contributed by atoms with Gasteiger partial charge in [0.05, 0.1) is 4.47 Å². The average Bonchev–Trinajstić information content (AvgIpc) is 2.09.